The van der Waals surface area contributed by atoms with Crippen molar-refractivity contribution in [1.29, 1.82) is 0 Å². The average Bonchev–Trinajstić information content (AvgIpc) is 2.87. The summed E-state index contributed by atoms with van der Waals surface area (Å²) in [7, 11) is -3.46. The van der Waals surface area contributed by atoms with E-state index >= 15 is 0 Å². The highest BCUT2D eigenvalue weighted by atomic mass is 79.9. The Morgan fingerprint density at radius 2 is 2.35 bits per heavy atom. The zero-order valence-corrected chi connectivity index (χ0v) is 12.1. The SMILES string of the molecule is Cc1cc(S(=O)(=O)NCc2ncc[nH]2)sc1Br. The van der Waals surface area contributed by atoms with Crippen molar-refractivity contribution in [1.82, 2.24) is 14.7 Å². The molecule has 2 N–H and O–H groups in total. The molecular formula is C9H10BrN3O2S2. The Kier molecular flexibility index (Phi) is 3.67. The number of hydrogen-bond donors (Lipinski definition) is 2. The molecule has 0 saturated heterocycles. The fourth-order valence-corrected chi connectivity index (χ4v) is 4.45. The van der Waals surface area contributed by atoms with Crippen molar-refractivity contribution < 1.29 is 8.42 Å². The van der Waals surface area contributed by atoms with E-state index in [4.69, 9.17) is 0 Å². The molecular weight excluding hydrogens is 326 g/mol. The Morgan fingerprint density at radius 3 is 2.88 bits per heavy atom. The van der Waals surface area contributed by atoms with Crippen LogP contribution in [0.2, 0.25) is 0 Å². The summed E-state index contributed by atoms with van der Waals surface area (Å²) in [5.41, 5.74) is 0.911. The molecule has 0 saturated carbocycles. The lowest BCUT2D eigenvalue weighted by Gasteiger charge is -2.01. The smallest absolute Gasteiger partial charge is 0.250 e. The first-order chi connectivity index (χ1) is 7.99. The van der Waals surface area contributed by atoms with Crippen LogP contribution in [0.4, 0.5) is 0 Å². The van der Waals surface area contributed by atoms with Crippen molar-refractivity contribution in [2.24, 2.45) is 0 Å². The van der Waals surface area contributed by atoms with Crippen molar-refractivity contribution in [2.45, 2.75) is 17.7 Å². The van der Waals surface area contributed by atoms with Gasteiger partial charge < -0.3 is 4.98 Å². The van der Waals surface area contributed by atoms with Crippen LogP contribution in [-0.4, -0.2) is 18.4 Å². The molecule has 0 aliphatic rings. The highest BCUT2D eigenvalue weighted by Crippen LogP contribution is 2.30. The van der Waals surface area contributed by atoms with E-state index in [0.29, 0.717) is 10.0 Å². The van der Waals surface area contributed by atoms with Crippen LogP contribution in [0.5, 0.6) is 0 Å². The minimum absolute atomic E-state index is 0.157. The molecule has 2 aromatic heterocycles. The largest absolute Gasteiger partial charge is 0.347 e. The molecule has 0 unspecified atom stereocenters. The summed E-state index contributed by atoms with van der Waals surface area (Å²) in [6.45, 7) is 2.01. The van der Waals surface area contributed by atoms with Gasteiger partial charge in [-0.05, 0) is 34.5 Å². The quantitative estimate of drug-likeness (QED) is 0.897. The Labute approximate surface area is 111 Å². The van der Waals surface area contributed by atoms with Gasteiger partial charge in [-0.2, -0.15) is 0 Å². The highest BCUT2D eigenvalue weighted by molar-refractivity contribution is 9.11. The number of hydrogen-bond acceptors (Lipinski definition) is 4. The molecule has 2 rings (SSSR count). The zero-order chi connectivity index (χ0) is 12.5. The van der Waals surface area contributed by atoms with E-state index in [1.165, 1.54) is 11.3 Å². The Hall–Kier alpha value is -0.700. The number of rotatable bonds is 4. The first kappa shape index (κ1) is 12.7. The van der Waals surface area contributed by atoms with Crippen LogP contribution >= 0.6 is 27.3 Å². The van der Waals surface area contributed by atoms with Crippen molar-refractivity contribution in [3.8, 4) is 0 Å². The number of imidazole rings is 1. The molecule has 2 heterocycles. The summed E-state index contributed by atoms with van der Waals surface area (Å²) >= 11 is 4.50. The number of aromatic nitrogens is 2. The summed E-state index contributed by atoms with van der Waals surface area (Å²) in [5.74, 6) is 0.584. The third-order valence-electron chi connectivity index (χ3n) is 2.08. The second kappa shape index (κ2) is 4.89. The number of H-pyrrole nitrogens is 1. The van der Waals surface area contributed by atoms with E-state index in [-0.39, 0.29) is 6.54 Å². The van der Waals surface area contributed by atoms with E-state index in [1.807, 2.05) is 6.92 Å². The van der Waals surface area contributed by atoms with E-state index in [2.05, 4.69) is 30.6 Å². The number of nitrogens with zero attached hydrogens (tertiary/aromatic N) is 1. The minimum Gasteiger partial charge on any atom is -0.347 e. The standard InChI is InChI=1S/C9H10BrN3O2S2/c1-6-4-8(16-9(6)10)17(14,15)13-5-7-11-2-3-12-7/h2-4,13H,5H2,1H3,(H,11,12). The number of aryl methyl sites for hydroxylation is 1. The van der Waals surface area contributed by atoms with Gasteiger partial charge in [-0.25, -0.2) is 18.1 Å². The van der Waals surface area contributed by atoms with Gasteiger partial charge in [0.25, 0.3) is 10.0 Å². The lowest BCUT2D eigenvalue weighted by atomic mass is 10.4. The van der Waals surface area contributed by atoms with Gasteiger partial charge in [0.2, 0.25) is 0 Å². The topological polar surface area (TPSA) is 74.8 Å². The van der Waals surface area contributed by atoms with Gasteiger partial charge in [-0.15, -0.1) is 11.3 Å². The van der Waals surface area contributed by atoms with Crippen molar-refractivity contribution in [2.75, 3.05) is 0 Å². The predicted molar refractivity (Wildman–Crippen MR) is 69.4 cm³/mol. The van der Waals surface area contributed by atoms with E-state index in [1.54, 1.807) is 18.5 Å². The van der Waals surface area contributed by atoms with Crippen LogP contribution in [0.1, 0.15) is 11.4 Å². The van der Waals surface area contributed by atoms with Crippen molar-refractivity contribution in [3.63, 3.8) is 0 Å². The third-order valence-corrected chi connectivity index (χ3v) is 6.10. The van der Waals surface area contributed by atoms with Crippen LogP contribution in [0.3, 0.4) is 0 Å². The molecule has 0 aliphatic carbocycles. The second-order valence-corrected chi connectivity index (χ2v) is 7.75. The normalized spacial score (nSPS) is 11.9. The van der Waals surface area contributed by atoms with Gasteiger partial charge in [0.15, 0.2) is 0 Å². The highest BCUT2D eigenvalue weighted by Gasteiger charge is 2.18. The summed E-state index contributed by atoms with van der Waals surface area (Å²) < 4.78 is 27.5. The number of nitrogens with one attached hydrogen (secondary N) is 2. The molecule has 0 amide bonds. The molecule has 17 heavy (non-hydrogen) atoms. The van der Waals surface area contributed by atoms with Crippen LogP contribution in [0.15, 0.2) is 26.5 Å². The van der Waals surface area contributed by atoms with E-state index in [0.717, 1.165) is 9.35 Å². The van der Waals surface area contributed by atoms with E-state index < -0.39 is 10.0 Å². The molecule has 0 fully saturated rings. The monoisotopic (exact) mass is 335 g/mol. The van der Waals surface area contributed by atoms with Gasteiger partial charge in [-0.3, -0.25) is 0 Å². The maximum absolute atomic E-state index is 11.9. The third kappa shape index (κ3) is 2.95. The molecule has 0 bridgehead atoms. The first-order valence-electron chi connectivity index (χ1n) is 4.73. The molecule has 0 aromatic carbocycles. The number of thiophene rings is 1. The van der Waals surface area contributed by atoms with E-state index in [9.17, 15) is 8.42 Å². The zero-order valence-electron chi connectivity index (χ0n) is 8.90. The van der Waals surface area contributed by atoms with Gasteiger partial charge in [0, 0.05) is 12.4 Å². The van der Waals surface area contributed by atoms with Crippen molar-refractivity contribution in [3.05, 3.63) is 33.6 Å². The summed E-state index contributed by atoms with van der Waals surface area (Å²) in [4.78, 5) is 6.78. The minimum atomic E-state index is -3.46. The summed E-state index contributed by atoms with van der Waals surface area (Å²) in [6.07, 6.45) is 3.23. The lowest BCUT2D eigenvalue weighted by molar-refractivity contribution is 0.581. The van der Waals surface area contributed by atoms with Gasteiger partial charge >= 0.3 is 0 Å². The summed E-state index contributed by atoms with van der Waals surface area (Å²) in [6, 6.07) is 1.64. The molecule has 0 aliphatic heterocycles. The Balaban J connectivity index is 2.14. The molecule has 92 valence electrons. The van der Waals surface area contributed by atoms with Gasteiger partial charge in [-0.1, -0.05) is 0 Å². The van der Waals surface area contributed by atoms with Crippen LogP contribution in [0, 0.1) is 6.92 Å². The average molecular weight is 336 g/mol. The Morgan fingerprint density at radius 1 is 1.59 bits per heavy atom. The first-order valence-corrected chi connectivity index (χ1v) is 7.82. The maximum atomic E-state index is 11.9. The lowest BCUT2D eigenvalue weighted by Crippen LogP contribution is -2.22. The second-order valence-electron chi connectivity index (χ2n) is 3.38. The fourth-order valence-electron chi connectivity index (χ4n) is 1.19. The van der Waals surface area contributed by atoms with Gasteiger partial charge in [0.05, 0.1) is 10.3 Å². The molecule has 2 aromatic rings. The van der Waals surface area contributed by atoms with Crippen molar-refractivity contribution >= 4 is 37.3 Å². The molecule has 0 radical (unpaired) electrons. The molecule has 8 heteroatoms. The fraction of sp³-hybridized carbons (Fsp3) is 0.222. The summed E-state index contributed by atoms with van der Waals surface area (Å²) in [5, 5.41) is 0. The number of halogens is 1. The molecule has 0 atom stereocenters. The van der Waals surface area contributed by atoms with Crippen LogP contribution in [-0.2, 0) is 16.6 Å². The van der Waals surface area contributed by atoms with Crippen LogP contribution < -0.4 is 4.72 Å². The van der Waals surface area contributed by atoms with Crippen LogP contribution in [0.25, 0.3) is 0 Å². The molecule has 5 nitrogen and oxygen atoms in total. The maximum Gasteiger partial charge on any atom is 0.250 e. The number of sulfonamides is 1. The molecule has 0 spiro atoms. The van der Waals surface area contributed by atoms with Gasteiger partial charge in [0.1, 0.15) is 10.0 Å². The number of aromatic amines is 1. The predicted octanol–water partition coefficient (Wildman–Crippen LogP) is 2.02. The Bertz CT molecular complexity index is 585.